The molecule has 0 aromatic heterocycles. The Bertz CT molecular complexity index is 990. The first-order chi connectivity index (χ1) is 14.1. The van der Waals surface area contributed by atoms with Crippen LogP contribution in [0.4, 0.5) is 0 Å². The molecule has 6 heteroatoms. The van der Waals surface area contributed by atoms with E-state index in [1.54, 1.807) is 6.21 Å². The van der Waals surface area contributed by atoms with E-state index in [9.17, 15) is 4.79 Å². The summed E-state index contributed by atoms with van der Waals surface area (Å²) in [5.74, 6) is 1.06. The van der Waals surface area contributed by atoms with Crippen molar-refractivity contribution < 1.29 is 14.3 Å². The maximum atomic E-state index is 11.9. The third-order valence-electron chi connectivity index (χ3n) is 4.01. The zero-order valence-electron chi connectivity index (χ0n) is 16.0. The molecule has 29 heavy (non-hydrogen) atoms. The third-order valence-corrected chi connectivity index (χ3v) is 4.50. The summed E-state index contributed by atoms with van der Waals surface area (Å²) in [5, 5.41) is 3.98. The van der Waals surface area contributed by atoms with Gasteiger partial charge >= 0.3 is 0 Å². The number of hydrazone groups is 1. The first kappa shape index (κ1) is 20.6. The Labute approximate surface area is 178 Å². The number of amides is 1. The second-order valence-corrected chi connectivity index (χ2v) is 7.25. The molecule has 3 rings (SSSR count). The highest BCUT2D eigenvalue weighted by molar-refractivity contribution is 9.10. The Hall–Kier alpha value is -3.12. The first-order valence-electron chi connectivity index (χ1n) is 9.08. The minimum atomic E-state index is -0.333. The quantitative estimate of drug-likeness (QED) is 0.391. The Kier molecular flexibility index (Phi) is 7.41. The SMILES string of the molecule is Cc1cc(Br)ccc1OCC(=O)NN=Cc1cccc(OCc2ccccc2)c1. The van der Waals surface area contributed by atoms with Crippen LogP contribution in [0, 0.1) is 6.92 Å². The number of rotatable bonds is 8. The summed E-state index contributed by atoms with van der Waals surface area (Å²) in [6.45, 7) is 2.30. The number of ether oxygens (including phenoxy) is 2. The van der Waals surface area contributed by atoms with Crippen LogP contribution in [-0.2, 0) is 11.4 Å². The molecule has 0 saturated carbocycles. The lowest BCUT2D eigenvalue weighted by atomic mass is 10.2. The van der Waals surface area contributed by atoms with Crippen LogP contribution in [0.15, 0.2) is 82.4 Å². The number of hydrogen-bond acceptors (Lipinski definition) is 4. The molecule has 5 nitrogen and oxygen atoms in total. The number of hydrogen-bond donors (Lipinski definition) is 1. The second-order valence-electron chi connectivity index (χ2n) is 6.34. The minimum Gasteiger partial charge on any atom is -0.489 e. The highest BCUT2D eigenvalue weighted by Crippen LogP contribution is 2.22. The monoisotopic (exact) mass is 452 g/mol. The Morgan fingerprint density at radius 2 is 1.86 bits per heavy atom. The van der Waals surface area contributed by atoms with Gasteiger partial charge in [-0.2, -0.15) is 5.10 Å². The highest BCUT2D eigenvalue weighted by Gasteiger charge is 2.04. The lowest BCUT2D eigenvalue weighted by Gasteiger charge is -2.08. The molecule has 1 N–H and O–H groups in total. The molecule has 148 valence electrons. The lowest BCUT2D eigenvalue weighted by molar-refractivity contribution is -0.123. The van der Waals surface area contributed by atoms with Gasteiger partial charge in [-0.05, 0) is 53.9 Å². The molecule has 0 unspecified atom stereocenters. The van der Waals surface area contributed by atoms with Crippen LogP contribution in [-0.4, -0.2) is 18.7 Å². The van der Waals surface area contributed by atoms with Gasteiger partial charge in [0.2, 0.25) is 0 Å². The Morgan fingerprint density at radius 3 is 2.66 bits per heavy atom. The van der Waals surface area contributed by atoms with Crippen molar-refractivity contribution in [2.45, 2.75) is 13.5 Å². The third kappa shape index (κ3) is 6.76. The molecule has 3 aromatic carbocycles. The van der Waals surface area contributed by atoms with Gasteiger partial charge < -0.3 is 9.47 Å². The van der Waals surface area contributed by atoms with Crippen molar-refractivity contribution in [3.05, 3.63) is 94.0 Å². The van der Waals surface area contributed by atoms with Crippen molar-refractivity contribution in [2.24, 2.45) is 5.10 Å². The first-order valence-corrected chi connectivity index (χ1v) is 9.87. The number of carbonyl (C=O) groups is 1. The molecule has 0 bridgehead atoms. The standard InChI is InChI=1S/C23H21BrN2O3/c1-17-12-20(24)10-11-22(17)29-16-23(27)26-25-14-19-8-5-9-21(13-19)28-15-18-6-3-2-4-7-18/h2-14H,15-16H2,1H3,(H,26,27). The maximum Gasteiger partial charge on any atom is 0.277 e. The molecule has 0 fully saturated rings. The van der Waals surface area contributed by atoms with Gasteiger partial charge in [-0.25, -0.2) is 5.43 Å². The van der Waals surface area contributed by atoms with E-state index < -0.39 is 0 Å². The van der Waals surface area contributed by atoms with Gasteiger partial charge in [-0.3, -0.25) is 4.79 Å². The van der Waals surface area contributed by atoms with Gasteiger partial charge in [-0.1, -0.05) is 58.4 Å². The summed E-state index contributed by atoms with van der Waals surface area (Å²) in [5.41, 5.74) is 5.33. The molecular weight excluding hydrogens is 432 g/mol. The summed E-state index contributed by atoms with van der Waals surface area (Å²) < 4.78 is 12.3. The van der Waals surface area contributed by atoms with Gasteiger partial charge in [0.15, 0.2) is 6.61 Å². The minimum absolute atomic E-state index is 0.111. The Morgan fingerprint density at radius 1 is 1.03 bits per heavy atom. The summed E-state index contributed by atoms with van der Waals surface area (Å²) >= 11 is 3.40. The molecule has 0 atom stereocenters. The number of aryl methyl sites for hydroxylation is 1. The van der Waals surface area contributed by atoms with Crippen molar-refractivity contribution in [1.82, 2.24) is 5.43 Å². The molecule has 0 aliphatic heterocycles. The predicted molar refractivity (Wildman–Crippen MR) is 117 cm³/mol. The zero-order valence-corrected chi connectivity index (χ0v) is 17.6. The van der Waals surface area contributed by atoms with Crippen LogP contribution >= 0.6 is 15.9 Å². The normalized spacial score (nSPS) is 10.7. The number of halogens is 1. The average molecular weight is 453 g/mol. The second kappa shape index (κ2) is 10.4. The van der Waals surface area contributed by atoms with Crippen LogP contribution in [0.2, 0.25) is 0 Å². The summed E-state index contributed by atoms with van der Waals surface area (Å²) in [6.07, 6.45) is 1.57. The van der Waals surface area contributed by atoms with E-state index in [4.69, 9.17) is 9.47 Å². The van der Waals surface area contributed by atoms with Crippen molar-refractivity contribution in [2.75, 3.05) is 6.61 Å². The van der Waals surface area contributed by atoms with E-state index in [1.165, 1.54) is 0 Å². The van der Waals surface area contributed by atoms with E-state index in [2.05, 4.69) is 26.5 Å². The maximum absolute atomic E-state index is 11.9. The van der Waals surface area contributed by atoms with Gasteiger partial charge in [0, 0.05) is 4.47 Å². The largest absolute Gasteiger partial charge is 0.489 e. The van der Waals surface area contributed by atoms with E-state index >= 15 is 0 Å². The smallest absolute Gasteiger partial charge is 0.277 e. The zero-order chi connectivity index (χ0) is 20.5. The topological polar surface area (TPSA) is 59.9 Å². The number of carbonyl (C=O) groups excluding carboxylic acids is 1. The van der Waals surface area contributed by atoms with Crippen LogP contribution in [0.5, 0.6) is 11.5 Å². The van der Waals surface area contributed by atoms with Gasteiger partial charge in [0.25, 0.3) is 5.91 Å². The van der Waals surface area contributed by atoms with Crippen LogP contribution in [0.25, 0.3) is 0 Å². The summed E-state index contributed by atoms with van der Waals surface area (Å²) in [4.78, 5) is 11.9. The van der Waals surface area contributed by atoms with Crippen molar-refractivity contribution >= 4 is 28.1 Å². The molecule has 0 heterocycles. The molecule has 0 aliphatic carbocycles. The van der Waals surface area contributed by atoms with E-state index in [0.717, 1.165) is 26.9 Å². The summed E-state index contributed by atoms with van der Waals surface area (Å²) in [6, 6.07) is 23.1. The number of nitrogens with one attached hydrogen (secondary N) is 1. The summed E-state index contributed by atoms with van der Waals surface area (Å²) in [7, 11) is 0. The van der Waals surface area contributed by atoms with Gasteiger partial charge in [-0.15, -0.1) is 0 Å². The molecule has 0 aliphatic rings. The van der Waals surface area contributed by atoms with E-state index in [1.807, 2.05) is 79.7 Å². The van der Waals surface area contributed by atoms with E-state index in [-0.39, 0.29) is 12.5 Å². The van der Waals surface area contributed by atoms with Crippen molar-refractivity contribution in [3.63, 3.8) is 0 Å². The van der Waals surface area contributed by atoms with Crippen LogP contribution in [0.1, 0.15) is 16.7 Å². The molecular formula is C23H21BrN2O3. The van der Waals surface area contributed by atoms with E-state index in [0.29, 0.717) is 12.4 Å². The number of benzene rings is 3. The molecule has 3 aromatic rings. The Balaban J connectivity index is 1.47. The molecule has 1 amide bonds. The number of nitrogens with zero attached hydrogens (tertiary/aromatic N) is 1. The molecule has 0 radical (unpaired) electrons. The molecule has 0 spiro atoms. The molecule has 0 saturated heterocycles. The van der Waals surface area contributed by atoms with Crippen LogP contribution < -0.4 is 14.9 Å². The highest BCUT2D eigenvalue weighted by atomic mass is 79.9. The van der Waals surface area contributed by atoms with Crippen molar-refractivity contribution in [1.29, 1.82) is 0 Å². The van der Waals surface area contributed by atoms with Gasteiger partial charge in [0.05, 0.1) is 6.21 Å². The predicted octanol–water partition coefficient (Wildman–Crippen LogP) is 4.87. The van der Waals surface area contributed by atoms with Crippen molar-refractivity contribution in [3.8, 4) is 11.5 Å². The lowest BCUT2D eigenvalue weighted by Crippen LogP contribution is -2.24. The fourth-order valence-electron chi connectivity index (χ4n) is 2.55. The van der Waals surface area contributed by atoms with Crippen LogP contribution in [0.3, 0.4) is 0 Å². The fourth-order valence-corrected chi connectivity index (χ4v) is 3.03. The average Bonchev–Trinajstić information content (AvgIpc) is 2.73. The van der Waals surface area contributed by atoms with Gasteiger partial charge in [0.1, 0.15) is 18.1 Å². The fraction of sp³-hybridized carbons (Fsp3) is 0.130.